The quantitative estimate of drug-likeness (QED) is 0.728. The highest BCUT2D eigenvalue weighted by Crippen LogP contribution is 2.82. The van der Waals surface area contributed by atoms with Gasteiger partial charge in [0.2, 0.25) is 0 Å². The summed E-state index contributed by atoms with van der Waals surface area (Å²) < 4.78 is 6.62. The van der Waals surface area contributed by atoms with E-state index in [4.69, 9.17) is 4.74 Å². The van der Waals surface area contributed by atoms with Crippen molar-refractivity contribution in [2.24, 2.45) is 34.5 Å². The fraction of sp³-hybridized carbons (Fsp3) is 0.826. The Balaban J connectivity index is 1.40. The normalized spacial score (nSPS) is 57.9. The molecule has 5 fully saturated rings. The van der Waals surface area contributed by atoms with Crippen LogP contribution in [0.2, 0.25) is 0 Å². The summed E-state index contributed by atoms with van der Waals surface area (Å²) in [6.07, 6.45) is 7.59. The zero-order chi connectivity index (χ0) is 19.7. The number of ether oxygens (including phenoxy) is 1. The fourth-order valence-electron chi connectivity index (χ4n) is 8.66. The minimum Gasteiger partial charge on any atom is -0.481 e. The Kier molecular flexibility index (Phi) is 3.10. The second kappa shape index (κ2) is 4.92. The molecule has 5 nitrogen and oxygen atoms in total. The lowest BCUT2D eigenvalue weighted by molar-refractivity contribution is -0.144. The van der Waals surface area contributed by atoms with Gasteiger partial charge in [-0.1, -0.05) is 19.4 Å². The highest BCUT2D eigenvalue weighted by atomic mass is 16.6. The third-order valence-electron chi connectivity index (χ3n) is 10.2. The van der Waals surface area contributed by atoms with Crippen LogP contribution in [0, 0.1) is 34.5 Å². The van der Waals surface area contributed by atoms with E-state index in [1.165, 1.54) is 5.57 Å². The van der Waals surface area contributed by atoms with Gasteiger partial charge < -0.3 is 14.9 Å². The number of fused-ring (bicyclic) bond motifs is 6. The van der Waals surface area contributed by atoms with E-state index in [1.807, 2.05) is 6.08 Å². The van der Waals surface area contributed by atoms with E-state index >= 15 is 0 Å². The average Bonchev–Trinajstić information content (AvgIpc) is 3.52. The van der Waals surface area contributed by atoms with Gasteiger partial charge in [-0.2, -0.15) is 0 Å². The largest absolute Gasteiger partial charge is 0.481 e. The summed E-state index contributed by atoms with van der Waals surface area (Å²) in [6.45, 7) is 4.54. The number of carbonyl (C=O) groups is 2. The van der Waals surface area contributed by atoms with E-state index < -0.39 is 11.6 Å². The van der Waals surface area contributed by atoms with Gasteiger partial charge >= 0.3 is 5.97 Å². The Bertz CT molecular complexity index is 833. The molecule has 1 heterocycles. The number of epoxide rings is 1. The zero-order valence-corrected chi connectivity index (χ0v) is 16.7. The molecule has 1 spiro atoms. The molecule has 28 heavy (non-hydrogen) atoms. The summed E-state index contributed by atoms with van der Waals surface area (Å²) in [5.74, 6) is 1.36. The number of carboxylic acids is 1. The molecule has 6 rings (SSSR count). The molecule has 0 aromatic rings. The van der Waals surface area contributed by atoms with Crippen LogP contribution in [0.1, 0.15) is 65.2 Å². The van der Waals surface area contributed by atoms with Gasteiger partial charge in [0.05, 0.1) is 11.7 Å². The van der Waals surface area contributed by atoms with E-state index in [0.717, 1.165) is 25.7 Å². The highest BCUT2D eigenvalue weighted by molar-refractivity contribution is 5.92. The number of rotatable bonds is 3. The number of hydrogen-bond acceptors (Lipinski definition) is 4. The summed E-state index contributed by atoms with van der Waals surface area (Å²) in [5.41, 5.74) is -0.0168. The van der Waals surface area contributed by atoms with E-state index in [9.17, 15) is 19.8 Å². The number of aliphatic hydroxyl groups is 1. The molecular weight excluding hydrogens is 356 g/mol. The van der Waals surface area contributed by atoms with Crippen molar-refractivity contribution in [2.45, 2.75) is 82.5 Å². The number of carbonyl (C=O) groups excluding carboxylic acids is 1. The predicted molar refractivity (Wildman–Crippen MR) is 100 cm³/mol. The number of carboxylic acid groups (broad SMARTS) is 1. The molecular formula is C23H30O5. The third kappa shape index (κ3) is 1.78. The molecule has 152 valence electrons. The van der Waals surface area contributed by atoms with E-state index in [2.05, 4.69) is 13.8 Å². The fourth-order valence-corrected chi connectivity index (χ4v) is 8.66. The van der Waals surface area contributed by atoms with Crippen molar-refractivity contribution in [3.05, 3.63) is 11.6 Å². The minimum absolute atomic E-state index is 0.0267. The van der Waals surface area contributed by atoms with Crippen LogP contribution in [0.4, 0.5) is 0 Å². The maximum absolute atomic E-state index is 12.1. The predicted octanol–water partition coefficient (Wildman–Crippen LogP) is 3.10. The van der Waals surface area contributed by atoms with Crippen LogP contribution in [0.3, 0.4) is 0 Å². The summed E-state index contributed by atoms with van der Waals surface area (Å²) in [7, 11) is 0. The van der Waals surface area contributed by atoms with Gasteiger partial charge in [-0.3, -0.25) is 9.59 Å². The van der Waals surface area contributed by atoms with Crippen molar-refractivity contribution in [2.75, 3.05) is 0 Å². The molecule has 9 atom stereocenters. The second-order valence-corrected chi connectivity index (χ2v) is 11.0. The van der Waals surface area contributed by atoms with Crippen molar-refractivity contribution in [3.8, 4) is 0 Å². The molecule has 2 unspecified atom stereocenters. The Morgan fingerprint density at radius 2 is 2.11 bits per heavy atom. The van der Waals surface area contributed by atoms with Gasteiger partial charge in [-0.15, -0.1) is 0 Å². The van der Waals surface area contributed by atoms with Crippen molar-refractivity contribution in [1.82, 2.24) is 0 Å². The molecule has 1 aliphatic heterocycles. The van der Waals surface area contributed by atoms with Crippen LogP contribution in [-0.2, 0) is 14.3 Å². The SMILES string of the molecule is C[C@]12CCC(=O)C=C1[C@@H]1C[C@@H]1C1C3CC[C@@](O)(CCC(=O)O)[C@@]3(C)C[C@H]3O[C@@]132. The molecule has 6 aliphatic rings. The number of ketones is 1. The van der Waals surface area contributed by atoms with E-state index in [1.54, 1.807) is 0 Å². The van der Waals surface area contributed by atoms with Crippen molar-refractivity contribution >= 4 is 11.8 Å². The molecule has 5 heteroatoms. The van der Waals surface area contributed by atoms with Crippen molar-refractivity contribution in [3.63, 3.8) is 0 Å². The lowest BCUT2D eigenvalue weighted by Gasteiger charge is -2.56. The Hall–Kier alpha value is -1.20. The Morgan fingerprint density at radius 1 is 1.32 bits per heavy atom. The summed E-state index contributed by atoms with van der Waals surface area (Å²) >= 11 is 0. The smallest absolute Gasteiger partial charge is 0.303 e. The average molecular weight is 386 g/mol. The van der Waals surface area contributed by atoms with Gasteiger partial charge in [0.25, 0.3) is 0 Å². The number of aliphatic carboxylic acids is 1. The molecule has 2 N–H and O–H groups in total. The molecule has 0 bridgehead atoms. The van der Waals surface area contributed by atoms with Crippen LogP contribution in [0.5, 0.6) is 0 Å². The van der Waals surface area contributed by atoms with Gasteiger partial charge in [-0.05, 0) is 68.3 Å². The highest BCUT2D eigenvalue weighted by Gasteiger charge is 2.84. The van der Waals surface area contributed by atoms with Crippen LogP contribution in [0.15, 0.2) is 11.6 Å². The lowest BCUT2D eigenvalue weighted by atomic mass is 9.46. The lowest BCUT2D eigenvalue weighted by Crippen LogP contribution is -2.60. The minimum atomic E-state index is -0.905. The summed E-state index contributed by atoms with van der Waals surface area (Å²) in [4.78, 5) is 23.3. The van der Waals surface area contributed by atoms with Crippen LogP contribution in [0.25, 0.3) is 0 Å². The van der Waals surface area contributed by atoms with Crippen molar-refractivity contribution in [1.29, 1.82) is 0 Å². The van der Waals surface area contributed by atoms with Gasteiger partial charge in [0.1, 0.15) is 5.60 Å². The van der Waals surface area contributed by atoms with Crippen LogP contribution >= 0.6 is 0 Å². The topological polar surface area (TPSA) is 87.1 Å². The first-order valence-corrected chi connectivity index (χ1v) is 11.0. The molecule has 0 radical (unpaired) electrons. The summed E-state index contributed by atoms with van der Waals surface area (Å²) in [6, 6.07) is 0. The Morgan fingerprint density at radius 3 is 2.86 bits per heavy atom. The van der Waals surface area contributed by atoms with Gasteiger partial charge in [0, 0.05) is 23.7 Å². The first kappa shape index (κ1) is 17.6. The van der Waals surface area contributed by atoms with Gasteiger partial charge in [-0.25, -0.2) is 0 Å². The van der Waals surface area contributed by atoms with E-state index in [0.29, 0.717) is 42.9 Å². The van der Waals surface area contributed by atoms with Crippen LogP contribution < -0.4 is 0 Å². The van der Waals surface area contributed by atoms with Gasteiger partial charge in [0.15, 0.2) is 5.78 Å². The first-order valence-electron chi connectivity index (χ1n) is 11.0. The van der Waals surface area contributed by atoms with Crippen molar-refractivity contribution < 1.29 is 24.5 Å². The molecule has 4 saturated carbocycles. The molecule has 0 amide bonds. The molecule has 0 aromatic carbocycles. The number of hydrogen-bond donors (Lipinski definition) is 2. The molecule has 1 saturated heterocycles. The first-order chi connectivity index (χ1) is 13.2. The maximum atomic E-state index is 12.1. The summed E-state index contributed by atoms with van der Waals surface area (Å²) in [5, 5.41) is 20.8. The van der Waals surface area contributed by atoms with Crippen LogP contribution in [-0.4, -0.2) is 39.3 Å². The standard InChI is InChI=1S/C23H30O5/c1-20-6-3-12(24)9-16(20)13-10-14(13)19-15-4-7-22(27,8-5-18(25)26)21(15,2)11-17-23(19,20)28-17/h9,13-15,17,19,27H,3-8,10-11H2,1-2H3,(H,25,26)/t13-,14+,15?,17-,19?,20+,21+,22-,23-/m1/s1. The Labute approximate surface area is 165 Å². The molecule has 5 aliphatic carbocycles. The third-order valence-corrected chi connectivity index (χ3v) is 10.2. The maximum Gasteiger partial charge on any atom is 0.303 e. The monoisotopic (exact) mass is 386 g/mol. The zero-order valence-electron chi connectivity index (χ0n) is 16.7. The molecule has 0 aromatic heterocycles. The van der Waals surface area contributed by atoms with E-state index in [-0.39, 0.29) is 34.7 Å². The second-order valence-electron chi connectivity index (χ2n) is 11.0.